The van der Waals surface area contributed by atoms with E-state index in [4.69, 9.17) is 0 Å². The molecule has 4 aromatic rings. The van der Waals surface area contributed by atoms with Crippen LogP contribution in [0.25, 0.3) is 0 Å². The predicted molar refractivity (Wildman–Crippen MR) is 158 cm³/mol. The van der Waals surface area contributed by atoms with Crippen molar-refractivity contribution in [3.05, 3.63) is 131 Å². The summed E-state index contributed by atoms with van der Waals surface area (Å²) in [5, 5.41) is 0. The number of nitrogens with zero attached hydrogens (tertiary/aromatic N) is 3. The highest BCUT2D eigenvalue weighted by molar-refractivity contribution is 7.89. The van der Waals surface area contributed by atoms with Gasteiger partial charge >= 0.3 is 0 Å². The lowest BCUT2D eigenvalue weighted by atomic mass is 9.96. The fourth-order valence-corrected chi connectivity index (χ4v) is 7.51. The summed E-state index contributed by atoms with van der Waals surface area (Å²) in [6.07, 6.45) is 0.626. The molecule has 0 N–H and O–H groups in total. The van der Waals surface area contributed by atoms with E-state index in [0.29, 0.717) is 43.1 Å². The SMILES string of the molecule is C[C@@H]1Cc2cc(S(=O)(=O)N3CCN(C(c4ccccc4)c4ccccc4)CC3)ccc2N1C(=O)c1ccccc1. The highest BCUT2D eigenvalue weighted by atomic mass is 32.2. The molecule has 0 spiro atoms. The molecule has 1 fully saturated rings. The van der Waals surface area contributed by atoms with Gasteiger partial charge in [0.15, 0.2) is 0 Å². The first-order valence-electron chi connectivity index (χ1n) is 13.8. The van der Waals surface area contributed by atoms with Crippen LogP contribution >= 0.6 is 0 Å². The molecule has 0 aliphatic carbocycles. The van der Waals surface area contributed by atoms with Gasteiger partial charge in [0.1, 0.15) is 0 Å². The fraction of sp³-hybridized carbons (Fsp3) is 0.242. The molecule has 6 rings (SSSR count). The van der Waals surface area contributed by atoms with Gasteiger partial charge in [-0.25, -0.2) is 8.42 Å². The third kappa shape index (κ3) is 4.96. The second-order valence-corrected chi connectivity index (χ2v) is 12.5. The number of carbonyl (C=O) groups is 1. The zero-order chi connectivity index (χ0) is 27.7. The van der Waals surface area contributed by atoms with Crippen molar-refractivity contribution in [3.63, 3.8) is 0 Å². The molecule has 0 bridgehead atoms. The molecular weight excluding hydrogens is 518 g/mol. The molecule has 1 saturated heterocycles. The molecule has 7 heteroatoms. The van der Waals surface area contributed by atoms with Crippen molar-refractivity contribution in [2.45, 2.75) is 30.3 Å². The van der Waals surface area contributed by atoms with Crippen molar-refractivity contribution in [3.8, 4) is 0 Å². The van der Waals surface area contributed by atoms with Gasteiger partial charge in [0.05, 0.1) is 10.9 Å². The summed E-state index contributed by atoms with van der Waals surface area (Å²) in [6, 6.07) is 35.2. The van der Waals surface area contributed by atoms with Crippen molar-refractivity contribution in [2.75, 3.05) is 31.1 Å². The molecule has 4 aromatic carbocycles. The molecule has 40 heavy (non-hydrogen) atoms. The maximum Gasteiger partial charge on any atom is 0.258 e. The van der Waals surface area contributed by atoms with Gasteiger partial charge in [-0.15, -0.1) is 0 Å². The summed E-state index contributed by atoms with van der Waals surface area (Å²) in [4.78, 5) is 17.7. The van der Waals surface area contributed by atoms with Crippen LogP contribution in [0.3, 0.4) is 0 Å². The number of carbonyl (C=O) groups excluding carboxylic acids is 1. The van der Waals surface area contributed by atoms with Crippen LogP contribution in [-0.4, -0.2) is 55.8 Å². The monoisotopic (exact) mass is 551 g/mol. The Bertz CT molecular complexity index is 1550. The molecule has 2 heterocycles. The third-order valence-corrected chi connectivity index (χ3v) is 9.91. The zero-order valence-corrected chi connectivity index (χ0v) is 23.4. The summed E-state index contributed by atoms with van der Waals surface area (Å²) < 4.78 is 29.1. The number of hydrogen-bond acceptors (Lipinski definition) is 4. The van der Waals surface area contributed by atoms with Gasteiger partial charge in [-0.05, 0) is 60.4 Å². The number of amides is 1. The first-order chi connectivity index (χ1) is 19.4. The van der Waals surface area contributed by atoms with E-state index >= 15 is 0 Å². The molecule has 1 amide bonds. The highest BCUT2D eigenvalue weighted by Crippen LogP contribution is 2.36. The molecule has 0 unspecified atom stereocenters. The van der Waals surface area contributed by atoms with Crippen molar-refractivity contribution in [1.29, 1.82) is 0 Å². The summed E-state index contributed by atoms with van der Waals surface area (Å²) in [7, 11) is -3.67. The van der Waals surface area contributed by atoms with Gasteiger partial charge in [0.25, 0.3) is 5.91 Å². The smallest absolute Gasteiger partial charge is 0.258 e. The number of rotatable bonds is 6. The molecule has 0 aromatic heterocycles. The van der Waals surface area contributed by atoms with E-state index in [1.54, 1.807) is 27.4 Å². The van der Waals surface area contributed by atoms with Gasteiger partial charge in [-0.3, -0.25) is 9.69 Å². The van der Waals surface area contributed by atoms with E-state index in [-0.39, 0.29) is 18.0 Å². The van der Waals surface area contributed by atoms with E-state index < -0.39 is 10.0 Å². The van der Waals surface area contributed by atoms with Crippen molar-refractivity contribution in [2.24, 2.45) is 0 Å². The Balaban J connectivity index is 1.20. The molecule has 2 aliphatic heterocycles. The minimum atomic E-state index is -3.67. The summed E-state index contributed by atoms with van der Waals surface area (Å²) in [5.74, 6) is -0.0648. The summed E-state index contributed by atoms with van der Waals surface area (Å²) in [6.45, 7) is 4.11. The predicted octanol–water partition coefficient (Wildman–Crippen LogP) is 5.37. The number of hydrogen-bond donors (Lipinski definition) is 0. The number of benzene rings is 4. The van der Waals surface area contributed by atoms with Crippen LogP contribution < -0.4 is 4.90 Å². The number of piperazine rings is 1. The number of anilines is 1. The van der Waals surface area contributed by atoms with Crippen LogP contribution in [0.4, 0.5) is 5.69 Å². The maximum atomic E-state index is 13.7. The molecule has 204 valence electrons. The topological polar surface area (TPSA) is 60.9 Å². The Labute approximate surface area is 236 Å². The lowest BCUT2D eigenvalue weighted by Gasteiger charge is -2.39. The largest absolute Gasteiger partial charge is 0.305 e. The Morgan fingerprint density at radius 3 is 1.88 bits per heavy atom. The highest BCUT2D eigenvalue weighted by Gasteiger charge is 2.35. The van der Waals surface area contributed by atoms with E-state index in [0.717, 1.165) is 11.3 Å². The molecule has 6 nitrogen and oxygen atoms in total. The molecule has 0 saturated carbocycles. The lowest BCUT2D eigenvalue weighted by molar-refractivity contribution is 0.0981. The van der Waals surface area contributed by atoms with E-state index in [9.17, 15) is 13.2 Å². The molecular formula is C33H33N3O3S. The quantitative estimate of drug-likeness (QED) is 0.323. The first kappa shape index (κ1) is 26.4. The van der Waals surface area contributed by atoms with Crippen molar-refractivity contribution >= 4 is 21.6 Å². The standard InChI is InChI=1S/C33H33N3O3S/c1-25-23-29-24-30(17-18-31(29)36(25)33(37)28-15-9-4-10-16-28)40(38,39)35-21-19-34(20-22-35)32(26-11-5-2-6-12-26)27-13-7-3-8-14-27/h2-18,24-25,32H,19-23H2,1H3/t25-/m1/s1. The number of fused-ring (bicyclic) bond motifs is 1. The second-order valence-electron chi connectivity index (χ2n) is 10.5. The van der Waals surface area contributed by atoms with Crippen LogP contribution in [0.15, 0.2) is 114 Å². The third-order valence-electron chi connectivity index (χ3n) is 8.01. The Kier molecular flexibility index (Phi) is 7.27. The molecule has 0 radical (unpaired) electrons. The summed E-state index contributed by atoms with van der Waals surface area (Å²) >= 11 is 0. The average molecular weight is 552 g/mol. The maximum absolute atomic E-state index is 13.7. The van der Waals surface area contributed by atoms with E-state index in [1.165, 1.54) is 11.1 Å². The van der Waals surface area contributed by atoms with Gasteiger partial charge in [0, 0.05) is 43.5 Å². The van der Waals surface area contributed by atoms with Crippen molar-refractivity contribution in [1.82, 2.24) is 9.21 Å². The first-order valence-corrected chi connectivity index (χ1v) is 15.2. The Morgan fingerprint density at radius 2 is 1.30 bits per heavy atom. The average Bonchev–Trinajstić information content (AvgIpc) is 3.33. The van der Waals surface area contributed by atoms with E-state index in [2.05, 4.69) is 53.4 Å². The van der Waals surface area contributed by atoms with Gasteiger partial charge < -0.3 is 4.90 Å². The number of sulfonamides is 1. The molecule has 1 atom stereocenters. The fourth-order valence-electron chi connectivity index (χ4n) is 6.03. The van der Waals surface area contributed by atoms with Gasteiger partial charge in [0.2, 0.25) is 10.0 Å². The Hall–Kier alpha value is -3.78. The van der Waals surface area contributed by atoms with Crippen LogP contribution in [0.5, 0.6) is 0 Å². The summed E-state index contributed by atoms with van der Waals surface area (Å²) in [5.41, 5.74) is 4.71. The normalized spacial score (nSPS) is 18.1. The second kappa shape index (κ2) is 11.0. The Morgan fingerprint density at radius 1 is 0.750 bits per heavy atom. The van der Waals surface area contributed by atoms with Gasteiger partial charge in [-0.2, -0.15) is 4.31 Å². The van der Waals surface area contributed by atoms with Crippen LogP contribution in [-0.2, 0) is 16.4 Å². The van der Waals surface area contributed by atoms with Crippen LogP contribution in [0.2, 0.25) is 0 Å². The van der Waals surface area contributed by atoms with E-state index in [1.807, 2.05) is 49.4 Å². The van der Waals surface area contributed by atoms with Crippen molar-refractivity contribution < 1.29 is 13.2 Å². The molecule has 2 aliphatic rings. The van der Waals surface area contributed by atoms with Gasteiger partial charge in [-0.1, -0.05) is 78.9 Å². The van der Waals surface area contributed by atoms with Crippen LogP contribution in [0.1, 0.15) is 40.0 Å². The van der Waals surface area contributed by atoms with Crippen LogP contribution in [0, 0.1) is 0 Å². The minimum Gasteiger partial charge on any atom is -0.305 e. The lowest BCUT2D eigenvalue weighted by Crippen LogP contribution is -2.49. The zero-order valence-electron chi connectivity index (χ0n) is 22.6. The minimum absolute atomic E-state index is 0.0443.